The van der Waals surface area contributed by atoms with Crippen LogP contribution in [0.25, 0.3) is 0 Å². The fourth-order valence-electron chi connectivity index (χ4n) is 3.47. The van der Waals surface area contributed by atoms with Gasteiger partial charge < -0.3 is 9.47 Å². The highest BCUT2D eigenvalue weighted by Crippen LogP contribution is 2.27. The van der Waals surface area contributed by atoms with E-state index in [1.807, 2.05) is 24.3 Å². The number of carbonyl (C=O) groups excluding carboxylic acids is 2. The first kappa shape index (κ1) is 20.5. The van der Waals surface area contributed by atoms with Crippen molar-refractivity contribution in [3.05, 3.63) is 105 Å². The number of hydrogen-bond acceptors (Lipinski definition) is 4. The molecule has 6 heteroatoms. The molecule has 0 saturated heterocycles. The van der Waals surface area contributed by atoms with E-state index < -0.39 is 24.1 Å². The Kier molecular flexibility index (Phi) is 6.07. The van der Waals surface area contributed by atoms with Crippen LogP contribution in [0.3, 0.4) is 0 Å². The zero-order valence-corrected chi connectivity index (χ0v) is 17.4. The lowest BCUT2D eigenvalue weighted by Gasteiger charge is -2.32. The zero-order chi connectivity index (χ0) is 21.1. The third-order valence-electron chi connectivity index (χ3n) is 5.05. The summed E-state index contributed by atoms with van der Waals surface area (Å²) in [5.41, 5.74) is 2.93. The van der Waals surface area contributed by atoms with Gasteiger partial charge in [-0.05, 0) is 59.7 Å². The maximum absolute atomic E-state index is 12.7. The summed E-state index contributed by atoms with van der Waals surface area (Å²) in [7, 11) is 0. The van der Waals surface area contributed by atoms with Gasteiger partial charge in [-0.2, -0.15) is 0 Å². The molecule has 0 radical (unpaired) electrons. The number of esters is 2. The summed E-state index contributed by atoms with van der Waals surface area (Å²) in [6.45, 7) is 0. The van der Waals surface area contributed by atoms with E-state index in [1.54, 1.807) is 48.5 Å². The molecule has 0 spiro atoms. The van der Waals surface area contributed by atoms with E-state index in [9.17, 15) is 9.59 Å². The molecular weight excluding hydrogens is 423 g/mol. The molecular formula is C24H18Cl2O4. The molecule has 0 aliphatic heterocycles. The molecule has 0 N–H and O–H groups in total. The number of fused-ring (bicyclic) bond motifs is 1. The van der Waals surface area contributed by atoms with Crippen LogP contribution in [0.15, 0.2) is 72.8 Å². The minimum atomic E-state index is -0.598. The quantitative estimate of drug-likeness (QED) is 0.499. The topological polar surface area (TPSA) is 52.6 Å². The first-order chi connectivity index (χ1) is 14.5. The van der Waals surface area contributed by atoms with Crippen molar-refractivity contribution in [3.63, 3.8) is 0 Å². The molecule has 3 aromatic rings. The average Bonchev–Trinajstić information content (AvgIpc) is 2.75. The van der Waals surface area contributed by atoms with Crippen molar-refractivity contribution in [3.8, 4) is 0 Å². The molecule has 0 heterocycles. The molecule has 4 rings (SSSR count). The Morgan fingerprint density at radius 3 is 1.37 bits per heavy atom. The van der Waals surface area contributed by atoms with Crippen LogP contribution in [0.2, 0.25) is 10.0 Å². The molecule has 1 aliphatic carbocycles. The minimum absolute atomic E-state index is 0.390. The van der Waals surface area contributed by atoms with Crippen LogP contribution in [-0.2, 0) is 22.3 Å². The van der Waals surface area contributed by atoms with Crippen molar-refractivity contribution in [2.24, 2.45) is 0 Å². The van der Waals surface area contributed by atoms with Crippen LogP contribution in [0.1, 0.15) is 31.8 Å². The van der Waals surface area contributed by atoms with Gasteiger partial charge in [0.25, 0.3) is 0 Å². The van der Waals surface area contributed by atoms with Crippen molar-refractivity contribution >= 4 is 35.1 Å². The van der Waals surface area contributed by atoms with Crippen molar-refractivity contribution < 1.29 is 19.1 Å². The average molecular weight is 441 g/mol. The van der Waals surface area contributed by atoms with Gasteiger partial charge in [-0.1, -0.05) is 47.5 Å². The van der Waals surface area contributed by atoms with Crippen LogP contribution in [-0.4, -0.2) is 24.1 Å². The van der Waals surface area contributed by atoms with E-state index in [4.69, 9.17) is 32.7 Å². The first-order valence-electron chi connectivity index (χ1n) is 9.49. The zero-order valence-electron chi connectivity index (χ0n) is 15.9. The summed E-state index contributed by atoms with van der Waals surface area (Å²) >= 11 is 11.8. The third kappa shape index (κ3) is 4.66. The predicted molar refractivity (Wildman–Crippen MR) is 115 cm³/mol. The molecule has 30 heavy (non-hydrogen) atoms. The van der Waals surface area contributed by atoms with Gasteiger partial charge in [0.15, 0.2) is 0 Å². The maximum atomic E-state index is 12.7. The van der Waals surface area contributed by atoms with E-state index in [2.05, 4.69) is 0 Å². The number of benzene rings is 3. The Morgan fingerprint density at radius 2 is 1.00 bits per heavy atom. The number of halogens is 2. The SMILES string of the molecule is O=C(O[C@H]1Cc2ccccc2C[C@H]1OC(=O)c1ccc(Cl)cc1)c1ccc(Cl)cc1. The molecule has 152 valence electrons. The number of rotatable bonds is 4. The summed E-state index contributed by atoms with van der Waals surface area (Å²) in [4.78, 5) is 25.3. The lowest BCUT2D eigenvalue weighted by atomic mass is 9.87. The lowest BCUT2D eigenvalue weighted by Crippen LogP contribution is -2.41. The van der Waals surface area contributed by atoms with E-state index in [-0.39, 0.29) is 0 Å². The molecule has 2 atom stereocenters. The second kappa shape index (κ2) is 8.90. The second-order valence-electron chi connectivity index (χ2n) is 7.08. The molecule has 0 amide bonds. The van der Waals surface area contributed by atoms with Gasteiger partial charge >= 0.3 is 11.9 Å². The van der Waals surface area contributed by atoms with E-state index >= 15 is 0 Å². The summed E-state index contributed by atoms with van der Waals surface area (Å²) in [5, 5.41) is 1.07. The van der Waals surface area contributed by atoms with Crippen LogP contribution in [0.4, 0.5) is 0 Å². The molecule has 3 aromatic carbocycles. The van der Waals surface area contributed by atoms with Crippen molar-refractivity contribution in [2.45, 2.75) is 25.0 Å². The number of hydrogen-bond donors (Lipinski definition) is 0. The normalized spacial score (nSPS) is 17.7. The Balaban J connectivity index is 1.55. The van der Waals surface area contributed by atoms with Crippen LogP contribution in [0.5, 0.6) is 0 Å². The Hall–Kier alpha value is -2.82. The molecule has 0 bridgehead atoms. The van der Waals surface area contributed by atoms with E-state index in [1.165, 1.54) is 0 Å². The summed E-state index contributed by atoms with van der Waals surface area (Å²) in [5.74, 6) is -0.966. The van der Waals surface area contributed by atoms with Crippen molar-refractivity contribution in [1.29, 1.82) is 0 Å². The Morgan fingerprint density at radius 1 is 0.633 bits per heavy atom. The first-order valence-corrected chi connectivity index (χ1v) is 10.2. The lowest BCUT2D eigenvalue weighted by molar-refractivity contribution is -0.0389. The van der Waals surface area contributed by atoms with Gasteiger partial charge in [0, 0.05) is 22.9 Å². The Bertz CT molecular complexity index is 975. The van der Waals surface area contributed by atoms with E-state index in [0.717, 1.165) is 11.1 Å². The third-order valence-corrected chi connectivity index (χ3v) is 5.56. The largest absolute Gasteiger partial charge is 0.454 e. The van der Waals surface area contributed by atoms with Gasteiger partial charge in [-0.25, -0.2) is 9.59 Å². The molecule has 0 saturated carbocycles. The molecule has 1 aliphatic rings. The number of ether oxygens (including phenoxy) is 2. The molecule has 4 nitrogen and oxygen atoms in total. The highest BCUT2D eigenvalue weighted by molar-refractivity contribution is 6.31. The van der Waals surface area contributed by atoms with E-state index in [0.29, 0.717) is 34.0 Å². The van der Waals surface area contributed by atoms with Crippen molar-refractivity contribution in [2.75, 3.05) is 0 Å². The van der Waals surface area contributed by atoms with Gasteiger partial charge in [-0.3, -0.25) is 0 Å². The highest BCUT2D eigenvalue weighted by Gasteiger charge is 2.34. The van der Waals surface area contributed by atoms with Crippen LogP contribution >= 0.6 is 23.2 Å². The van der Waals surface area contributed by atoms with Crippen LogP contribution in [0, 0.1) is 0 Å². The standard InChI is InChI=1S/C24H18Cl2O4/c25-19-9-5-15(6-10-19)23(27)29-21-13-17-3-1-2-4-18(17)14-22(21)30-24(28)16-7-11-20(26)12-8-16/h1-12,21-22H,13-14H2/t21-,22+. The van der Waals surface area contributed by atoms with Gasteiger partial charge in [0.1, 0.15) is 12.2 Å². The molecule has 0 unspecified atom stereocenters. The fourth-order valence-corrected chi connectivity index (χ4v) is 3.72. The van der Waals surface area contributed by atoms with Gasteiger partial charge in [0.05, 0.1) is 11.1 Å². The predicted octanol–water partition coefficient (Wildman–Crippen LogP) is 5.54. The van der Waals surface area contributed by atoms with Crippen LogP contribution < -0.4 is 0 Å². The monoisotopic (exact) mass is 440 g/mol. The fraction of sp³-hybridized carbons (Fsp3) is 0.167. The maximum Gasteiger partial charge on any atom is 0.338 e. The van der Waals surface area contributed by atoms with Crippen molar-refractivity contribution in [1.82, 2.24) is 0 Å². The highest BCUT2D eigenvalue weighted by atomic mass is 35.5. The summed E-state index contributed by atoms with van der Waals surface area (Å²) in [6, 6.07) is 20.8. The summed E-state index contributed by atoms with van der Waals surface area (Å²) < 4.78 is 11.5. The summed E-state index contributed by atoms with van der Waals surface area (Å²) in [6.07, 6.45) is -0.263. The second-order valence-corrected chi connectivity index (χ2v) is 7.95. The van der Waals surface area contributed by atoms with Gasteiger partial charge in [0.2, 0.25) is 0 Å². The number of carbonyl (C=O) groups is 2. The minimum Gasteiger partial charge on any atom is -0.454 e. The smallest absolute Gasteiger partial charge is 0.338 e. The Labute approximate surface area is 184 Å². The van der Waals surface area contributed by atoms with Gasteiger partial charge in [-0.15, -0.1) is 0 Å². The molecule has 0 aromatic heterocycles. The molecule has 0 fully saturated rings.